The van der Waals surface area contributed by atoms with E-state index in [9.17, 15) is 22.8 Å². The number of fused-ring (bicyclic) bond motifs is 1. The van der Waals surface area contributed by atoms with Gasteiger partial charge in [0.15, 0.2) is 0 Å². The van der Waals surface area contributed by atoms with E-state index in [0.717, 1.165) is 0 Å². The molecular formula is C26H17Cl2F3O6. The molecule has 0 saturated heterocycles. The molecule has 0 N–H and O–H groups in total. The van der Waals surface area contributed by atoms with E-state index in [1.807, 2.05) is 0 Å². The molecule has 1 heterocycles. The fraction of sp³-hybridized carbons (Fsp3) is 0.154. The largest absolute Gasteiger partial charge is 0.489 e. The van der Waals surface area contributed by atoms with Crippen molar-refractivity contribution in [2.45, 2.75) is 19.7 Å². The minimum Gasteiger partial charge on any atom is -0.489 e. The van der Waals surface area contributed by atoms with Crippen LogP contribution in [0.4, 0.5) is 13.2 Å². The number of hydrogen-bond acceptors (Lipinski definition) is 6. The number of benzene rings is 3. The average molecular weight is 553 g/mol. The maximum atomic E-state index is 13.8. The van der Waals surface area contributed by atoms with Crippen molar-refractivity contribution in [3.8, 4) is 17.2 Å². The number of ether oxygens (including phenoxy) is 3. The molecule has 0 aliphatic heterocycles. The van der Waals surface area contributed by atoms with Crippen LogP contribution in [0.1, 0.15) is 28.6 Å². The topological polar surface area (TPSA) is 75.0 Å². The van der Waals surface area contributed by atoms with Crippen LogP contribution in [-0.4, -0.2) is 12.6 Å². The molecule has 0 fully saturated rings. The fourth-order valence-electron chi connectivity index (χ4n) is 3.32. The van der Waals surface area contributed by atoms with Gasteiger partial charge in [-0.2, -0.15) is 13.2 Å². The van der Waals surface area contributed by atoms with Crippen LogP contribution in [0.15, 0.2) is 69.9 Å². The lowest BCUT2D eigenvalue weighted by atomic mass is 10.2. The van der Waals surface area contributed by atoms with E-state index in [1.165, 1.54) is 48.5 Å². The molecule has 0 radical (unpaired) electrons. The van der Waals surface area contributed by atoms with Crippen molar-refractivity contribution in [2.24, 2.45) is 0 Å². The van der Waals surface area contributed by atoms with Crippen molar-refractivity contribution in [3.63, 3.8) is 0 Å². The van der Waals surface area contributed by atoms with Gasteiger partial charge in [-0.25, -0.2) is 4.79 Å². The van der Waals surface area contributed by atoms with Gasteiger partial charge in [0.1, 0.15) is 23.7 Å². The lowest BCUT2D eigenvalue weighted by molar-refractivity contribution is -0.154. The molecule has 0 aliphatic carbocycles. The van der Waals surface area contributed by atoms with E-state index in [1.54, 1.807) is 19.1 Å². The number of carbonyl (C=O) groups excluding carboxylic acids is 1. The van der Waals surface area contributed by atoms with E-state index in [2.05, 4.69) is 0 Å². The van der Waals surface area contributed by atoms with Crippen molar-refractivity contribution in [3.05, 3.63) is 97.8 Å². The third kappa shape index (κ3) is 6.00. The molecular weight excluding hydrogens is 536 g/mol. The van der Waals surface area contributed by atoms with E-state index in [4.69, 9.17) is 41.8 Å². The second kappa shape index (κ2) is 10.7. The second-order valence-electron chi connectivity index (χ2n) is 7.62. The first-order chi connectivity index (χ1) is 17.6. The van der Waals surface area contributed by atoms with Gasteiger partial charge in [0, 0.05) is 21.7 Å². The molecule has 3 aromatic carbocycles. The minimum absolute atomic E-state index is 0.000851. The summed E-state index contributed by atoms with van der Waals surface area (Å²) in [6, 6.07) is 13.8. The first kappa shape index (κ1) is 26.4. The van der Waals surface area contributed by atoms with Crippen LogP contribution in [0, 0.1) is 0 Å². The van der Waals surface area contributed by atoms with Gasteiger partial charge in [0.2, 0.25) is 11.2 Å². The Bertz CT molecular complexity index is 1510. The maximum absolute atomic E-state index is 13.8. The number of carbonyl (C=O) groups is 1. The summed E-state index contributed by atoms with van der Waals surface area (Å²) < 4.78 is 62.4. The third-order valence-electron chi connectivity index (χ3n) is 5.07. The summed E-state index contributed by atoms with van der Waals surface area (Å²) in [5, 5.41) is 0.646. The molecule has 4 rings (SSSR count). The zero-order valence-electron chi connectivity index (χ0n) is 19.0. The fourth-order valence-corrected chi connectivity index (χ4v) is 3.78. The van der Waals surface area contributed by atoms with Crippen molar-refractivity contribution in [1.29, 1.82) is 0 Å². The summed E-state index contributed by atoms with van der Waals surface area (Å²) in [6.45, 7) is 1.80. The highest BCUT2D eigenvalue weighted by molar-refractivity contribution is 6.35. The van der Waals surface area contributed by atoms with Gasteiger partial charge in [-0.3, -0.25) is 4.79 Å². The number of hydrogen-bond donors (Lipinski definition) is 0. The molecule has 192 valence electrons. The van der Waals surface area contributed by atoms with Crippen LogP contribution in [0.2, 0.25) is 10.0 Å². The zero-order valence-corrected chi connectivity index (χ0v) is 20.5. The molecule has 0 bridgehead atoms. The quantitative estimate of drug-likeness (QED) is 0.219. The van der Waals surface area contributed by atoms with Crippen LogP contribution in [0.3, 0.4) is 0 Å². The summed E-state index contributed by atoms with van der Waals surface area (Å²) in [6.07, 6.45) is -5.04. The Kier molecular flexibility index (Phi) is 7.65. The average Bonchev–Trinajstić information content (AvgIpc) is 2.85. The van der Waals surface area contributed by atoms with Gasteiger partial charge in [0.25, 0.3) is 5.76 Å². The molecule has 0 aliphatic rings. The second-order valence-corrected chi connectivity index (χ2v) is 8.46. The van der Waals surface area contributed by atoms with Crippen LogP contribution < -0.4 is 14.9 Å². The third-order valence-corrected chi connectivity index (χ3v) is 5.66. The minimum atomic E-state index is -5.04. The summed E-state index contributed by atoms with van der Waals surface area (Å²) in [5.74, 6) is -3.21. The smallest absolute Gasteiger partial charge is 0.453 e. The van der Waals surface area contributed by atoms with Crippen LogP contribution in [0.5, 0.6) is 17.2 Å². The predicted molar refractivity (Wildman–Crippen MR) is 131 cm³/mol. The summed E-state index contributed by atoms with van der Waals surface area (Å²) in [5.41, 5.74) is -0.609. The zero-order chi connectivity index (χ0) is 26.7. The Morgan fingerprint density at radius 3 is 2.32 bits per heavy atom. The van der Waals surface area contributed by atoms with Crippen molar-refractivity contribution in [1.82, 2.24) is 0 Å². The molecule has 0 spiro atoms. The number of halogens is 5. The van der Waals surface area contributed by atoms with Gasteiger partial charge >= 0.3 is 12.1 Å². The standard InChI is InChI=1S/C26H17Cl2F3O6/c1-2-34-25(33)14-4-7-17(8-5-14)36-23-22(32)19-10-9-18(12-21(19)37-24(23)26(29,30)31)35-13-15-3-6-16(27)11-20(15)28/h3-12H,2,13H2,1H3. The molecule has 37 heavy (non-hydrogen) atoms. The number of alkyl halides is 3. The maximum Gasteiger partial charge on any atom is 0.453 e. The first-order valence-corrected chi connectivity index (χ1v) is 11.5. The highest BCUT2D eigenvalue weighted by atomic mass is 35.5. The van der Waals surface area contributed by atoms with Gasteiger partial charge in [-0.05, 0) is 55.5 Å². The molecule has 11 heteroatoms. The highest BCUT2D eigenvalue weighted by Gasteiger charge is 2.40. The molecule has 0 unspecified atom stereocenters. The van der Waals surface area contributed by atoms with E-state index in [-0.39, 0.29) is 41.2 Å². The SMILES string of the molecule is CCOC(=O)c1ccc(Oc2c(C(F)(F)F)oc3cc(OCc4ccc(Cl)cc4Cl)ccc3c2=O)cc1. The number of esters is 1. The summed E-state index contributed by atoms with van der Waals surface area (Å²) in [4.78, 5) is 24.8. The first-order valence-electron chi connectivity index (χ1n) is 10.8. The Morgan fingerprint density at radius 2 is 1.68 bits per heavy atom. The van der Waals surface area contributed by atoms with Crippen molar-refractivity contribution < 1.29 is 36.6 Å². The van der Waals surface area contributed by atoms with Crippen LogP contribution in [-0.2, 0) is 17.5 Å². The monoisotopic (exact) mass is 552 g/mol. The molecule has 0 atom stereocenters. The Balaban J connectivity index is 1.66. The van der Waals surface area contributed by atoms with E-state index >= 15 is 0 Å². The normalized spacial score (nSPS) is 11.4. The summed E-state index contributed by atoms with van der Waals surface area (Å²) >= 11 is 12.0. The lowest BCUT2D eigenvalue weighted by Gasteiger charge is -2.14. The lowest BCUT2D eigenvalue weighted by Crippen LogP contribution is -2.15. The Labute approximate surface area is 218 Å². The van der Waals surface area contributed by atoms with Crippen molar-refractivity contribution in [2.75, 3.05) is 6.61 Å². The molecule has 0 saturated carbocycles. The molecule has 0 amide bonds. The summed E-state index contributed by atoms with van der Waals surface area (Å²) in [7, 11) is 0. The molecule has 4 aromatic rings. The molecule has 6 nitrogen and oxygen atoms in total. The molecule has 1 aromatic heterocycles. The van der Waals surface area contributed by atoms with Crippen LogP contribution >= 0.6 is 23.2 Å². The Morgan fingerprint density at radius 1 is 0.973 bits per heavy atom. The van der Waals surface area contributed by atoms with E-state index < -0.39 is 29.1 Å². The Hall–Kier alpha value is -3.69. The van der Waals surface area contributed by atoms with E-state index in [0.29, 0.717) is 15.6 Å². The van der Waals surface area contributed by atoms with Gasteiger partial charge in [0.05, 0.1) is 17.6 Å². The van der Waals surface area contributed by atoms with Gasteiger partial charge < -0.3 is 18.6 Å². The van der Waals surface area contributed by atoms with Crippen LogP contribution in [0.25, 0.3) is 11.0 Å². The van der Waals surface area contributed by atoms with Gasteiger partial charge in [-0.1, -0.05) is 29.3 Å². The van der Waals surface area contributed by atoms with Gasteiger partial charge in [-0.15, -0.1) is 0 Å². The highest BCUT2D eigenvalue weighted by Crippen LogP contribution is 2.39. The predicted octanol–water partition coefficient (Wildman–Crippen LogP) is 7.67. The number of rotatable bonds is 7. The van der Waals surface area contributed by atoms with Crippen molar-refractivity contribution >= 4 is 40.1 Å².